The van der Waals surface area contributed by atoms with Gasteiger partial charge < -0.3 is 15.3 Å². The zero-order chi connectivity index (χ0) is 16.1. The first-order chi connectivity index (χ1) is 10.5. The number of benzene rings is 1. The molecule has 1 aromatic rings. The van der Waals surface area contributed by atoms with Gasteiger partial charge >= 0.3 is 0 Å². The topological polar surface area (TPSA) is 69.6 Å². The number of para-hydroxylation sites is 1. The molecule has 2 rings (SSSR count). The van der Waals surface area contributed by atoms with Crippen LogP contribution < -0.4 is 10.2 Å². The Labute approximate surface area is 131 Å². The summed E-state index contributed by atoms with van der Waals surface area (Å²) in [5, 5.41) is 12.3. The van der Waals surface area contributed by atoms with Crippen LogP contribution in [0.25, 0.3) is 0 Å². The van der Waals surface area contributed by atoms with E-state index in [0.29, 0.717) is 30.6 Å². The second-order valence-corrected chi connectivity index (χ2v) is 5.80. The van der Waals surface area contributed by atoms with Gasteiger partial charge in [0.15, 0.2) is 0 Å². The van der Waals surface area contributed by atoms with E-state index in [1.54, 1.807) is 30.1 Å². The molecule has 0 spiro atoms. The van der Waals surface area contributed by atoms with Gasteiger partial charge in [-0.05, 0) is 37.8 Å². The molecule has 2 N–H and O–H groups in total. The molecule has 22 heavy (non-hydrogen) atoms. The number of aliphatic hydroxyl groups excluding tert-OH is 1. The zero-order valence-electron chi connectivity index (χ0n) is 13.2. The summed E-state index contributed by atoms with van der Waals surface area (Å²) in [6, 6.07) is 7.12. The van der Waals surface area contributed by atoms with E-state index in [1.165, 1.54) is 0 Å². The van der Waals surface area contributed by atoms with Gasteiger partial charge in [-0.3, -0.25) is 9.59 Å². The van der Waals surface area contributed by atoms with E-state index in [4.69, 9.17) is 0 Å². The van der Waals surface area contributed by atoms with Gasteiger partial charge in [-0.1, -0.05) is 19.1 Å². The van der Waals surface area contributed by atoms with Crippen molar-refractivity contribution < 1.29 is 14.7 Å². The van der Waals surface area contributed by atoms with Gasteiger partial charge in [0.25, 0.3) is 5.91 Å². The lowest BCUT2D eigenvalue weighted by Gasteiger charge is -2.20. The molecule has 0 saturated heterocycles. The fraction of sp³-hybridized carbons (Fsp3) is 0.529. The molecular weight excluding hydrogens is 280 g/mol. The van der Waals surface area contributed by atoms with Crippen LogP contribution in [0.5, 0.6) is 0 Å². The van der Waals surface area contributed by atoms with Crippen LogP contribution in [0.4, 0.5) is 5.69 Å². The predicted octanol–water partition coefficient (Wildman–Crippen LogP) is 1.95. The third-order valence-corrected chi connectivity index (χ3v) is 4.00. The average Bonchev–Trinajstić information content (AvgIpc) is 3.38. The van der Waals surface area contributed by atoms with Crippen LogP contribution in [0.3, 0.4) is 0 Å². The Hall–Kier alpha value is -1.88. The van der Waals surface area contributed by atoms with Crippen LogP contribution in [-0.4, -0.2) is 36.6 Å². The summed E-state index contributed by atoms with van der Waals surface area (Å²) >= 11 is 0. The molecule has 1 aliphatic carbocycles. The van der Waals surface area contributed by atoms with Gasteiger partial charge in [0.05, 0.1) is 17.4 Å². The minimum absolute atomic E-state index is 0.0710. The van der Waals surface area contributed by atoms with Crippen LogP contribution >= 0.6 is 0 Å². The highest BCUT2D eigenvalue weighted by Crippen LogP contribution is 2.33. The predicted molar refractivity (Wildman–Crippen MR) is 85.8 cm³/mol. The number of amides is 2. The lowest BCUT2D eigenvalue weighted by atomic mass is 10.1. The summed E-state index contributed by atoms with van der Waals surface area (Å²) < 4.78 is 0. The van der Waals surface area contributed by atoms with Gasteiger partial charge in [0.2, 0.25) is 5.91 Å². The number of nitrogens with zero attached hydrogens (tertiary/aromatic N) is 1. The van der Waals surface area contributed by atoms with E-state index in [2.05, 4.69) is 5.32 Å². The van der Waals surface area contributed by atoms with Crippen molar-refractivity contribution in [3.8, 4) is 0 Å². The fourth-order valence-corrected chi connectivity index (χ4v) is 2.33. The number of hydrogen-bond acceptors (Lipinski definition) is 3. The highest BCUT2D eigenvalue weighted by Gasteiger charge is 2.33. The molecule has 120 valence electrons. The van der Waals surface area contributed by atoms with E-state index in [0.717, 1.165) is 12.8 Å². The summed E-state index contributed by atoms with van der Waals surface area (Å²) in [5.41, 5.74) is 1.12. The molecule has 0 heterocycles. The molecule has 5 nitrogen and oxygen atoms in total. The second-order valence-electron chi connectivity index (χ2n) is 5.80. The van der Waals surface area contributed by atoms with Gasteiger partial charge in [-0.15, -0.1) is 0 Å². The van der Waals surface area contributed by atoms with Crippen molar-refractivity contribution in [2.24, 2.45) is 5.92 Å². The second kappa shape index (κ2) is 7.40. The van der Waals surface area contributed by atoms with Crippen molar-refractivity contribution in [2.45, 2.75) is 38.7 Å². The van der Waals surface area contributed by atoms with Gasteiger partial charge in [-0.25, -0.2) is 0 Å². The quantitative estimate of drug-likeness (QED) is 0.809. The van der Waals surface area contributed by atoms with Crippen molar-refractivity contribution in [1.29, 1.82) is 0 Å². The molecule has 0 bridgehead atoms. The molecule has 1 aromatic carbocycles. The molecule has 0 radical (unpaired) electrons. The summed E-state index contributed by atoms with van der Waals surface area (Å²) in [7, 11) is 1.72. The van der Waals surface area contributed by atoms with E-state index in [-0.39, 0.29) is 17.7 Å². The lowest BCUT2D eigenvalue weighted by molar-refractivity contribution is -0.119. The number of rotatable bonds is 7. The maximum absolute atomic E-state index is 12.3. The normalized spacial score (nSPS) is 15.2. The minimum Gasteiger partial charge on any atom is -0.393 e. The number of nitrogens with one attached hydrogen (secondary N) is 1. The first-order valence-corrected chi connectivity index (χ1v) is 7.87. The fourth-order valence-electron chi connectivity index (χ4n) is 2.33. The van der Waals surface area contributed by atoms with Crippen molar-refractivity contribution in [3.05, 3.63) is 29.8 Å². The zero-order valence-corrected chi connectivity index (χ0v) is 13.2. The lowest BCUT2D eigenvalue weighted by Crippen LogP contribution is -2.32. The molecule has 5 heteroatoms. The maximum atomic E-state index is 12.3. The Morgan fingerprint density at radius 1 is 1.36 bits per heavy atom. The summed E-state index contributed by atoms with van der Waals surface area (Å²) in [6.45, 7) is 2.32. The van der Waals surface area contributed by atoms with Crippen molar-refractivity contribution in [3.63, 3.8) is 0 Å². The van der Waals surface area contributed by atoms with Gasteiger partial charge in [-0.2, -0.15) is 0 Å². The number of carbonyl (C=O) groups is 2. The molecule has 1 atom stereocenters. The minimum atomic E-state index is -0.394. The van der Waals surface area contributed by atoms with Crippen molar-refractivity contribution in [2.75, 3.05) is 18.5 Å². The number of carbonyl (C=O) groups excluding carboxylic acids is 2. The SMILES string of the molecule is CCC(O)CCNC(=O)c1ccccc1N(C)C(=O)C1CC1. The highest BCUT2D eigenvalue weighted by molar-refractivity contribution is 6.05. The Balaban J connectivity index is 2.03. The van der Waals surface area contributed by atoms with Crippen LogP contribution in [-0.2, 0) is 4.79 Å². The molecule has 2 amide bonds. The van der Waals surface area contributed by atoms with Crippen molar-refractivity contribution in [1.82, 2.24) is 5.32 Å². The van der Waals surface area contributed by atoms with E-state index in [9.17, 15) is 14.7 Å². The summed E-state index contributed by atoms with van der Waals surface area (Å²) in [6.07, 6.45) is 2.68. The maximum Gasteiger partial charge on any atom is 0.253 e. The summed E-state index contributed by atoms with van der Waals surface area (Å²) in [5.74, 6) is -0.0307. The molecule has 1 fully saturated rings. The largest absolute Gasteiger partial charge is 0.393 e. The molecule has 1 saturated carbocycles. The molecular formula is C17H24N2O3. The molecule has 1 unspecified atom stereocenters. The first-order valence-electron chi connectivity index (χ1n) is 7.87. The Bertz CT molecular complexity index is 540. The van der Waals surface area contributed by atoms with Gasteiger partial charge in [0.1, 0.15) is 0 Å². The third kappa shape index (κ3) is 4.07. The number of aliphatic hydroxyl groups is 1. The van der Waals surface area contributed by atoms with Crippen molar-refractivity contribution >= 4 is 17.5 Å². The standard InChI is InChI=1S/C17H24N2O3/c1-3-13(20)10-11-18-16(21)14-6-4-5-7-15(14)19(2)17(22)12-8-9-12/h4-7,12-13,20H,3,8-11H2,1-2H3,(H,18,21). The smallest absolute Gasteiger partial charge is 0.253 e. The molecule has 0 aliphatic heterocycles. The highest BCUT2D eigenvalue weighted by atomic mass is 16.3. The Morgan fingerprint density at radius 2 is 2.05 bits per heavy atom. The molecule has 1 aliphatic rings. The number of hydrogen-bond donors (Lipinski definition) is 2. The molecule has 0 aromatic heterocycles. The third-order valence-electron chi connectivity index (χ3n) is 4.00. The summed E-state index contributed by atoms with van der Waals surface area (Å²) in [4.78, 5) is 26.1. The van der Waals surface area contributed by atoms with E-state index >= 15 is 0 Å². The van der Waals surface area contributed by atoms with Crippen LogP contribution in [0.2, 0.25) is 0 Å². The van der Waals surface area contributed by atoms with Gasteiger partial charge in [0, 0.05) is 19.5 Å². The van der Waals surface area contributed by atoms with E-state index in [1.807, 2.05) is 13.0 Å². The Morgan fingerprint density at radius 3 is 2.68 bits per heavy atom. The number of anilines is 1. The first kappa shape index (κ1) is 16.5. The van der Waals surface area contributed by atoms with E-state index < -0.39 is 6.10 Å². The Kier molecular flexibility index (Phi) is 5.55. The van der Waals surface area contributed by atoms with Crippen LogP contribution in [0.15, 0.2) is 24.3 Å². The van der Waals surface area contributed by atoms with Crippen LogP contribution in [0, 0.1) is 5.92 Å². The van der Waals surface area contributed by atoms with Crippen LogP contribution in [0.1, 0.15) is 43.0 Å². The monoisotopic (exact) mass is 304 g/mol. The average molecular weight is 304 g/mol.